The average molecular weight is 259 g/mol. The van der Waals surface area contributed by atoms with E-state index in [-0.39, 0.29) is 13.2 Å². The van der Waals surface area contributed by atoms with Crippen LogP contribution >= 0.6 is 0 Å². The Bertz CT molecular complexity index is 509. The molecule has 2 aromatic rings. The number of hydrogen-bond donors (Lipinski definition) is 2. The zero-order chi connectivity index (χ0) is 13.7. The number of aliphatic hydroxyl groups excluding tert-OH is 1. The number of rotatable bonds is 5. The largest absolute Gasteiger partial charge is 0.489 e. The van der Waals surface area contributed by atoms with Crippen LogP contribution in [-0.2, 0) is 12.2 Å². The van der Waals surface area contributed by atoms with E-state index in [1.165, 1.54) is 6.20 Å². The fourth-order valence-electron chi connectivity index (χ4n) is 1.69. The minimum absolute atomic E-state index is 0.0952. The molecule has 0 aliphatic heterocycles. The van der Waals surface area contributed by atoms with Crippen molar-refractivity contribution in [2.45, 2.75) is 19.1 Å². The predicted molar refractivity (Wildman–Crippen MR) is 71.7 cm³/mol. The molecule has 19 heavy (non-hydrogen) atoms. The van der Waals surface area contributed by atoms with Gasteiger partial charge in [-0.25, -0.2) is 0 Å². The summed E-state index contributed by atoms with van der Waals surface area (Å²) in [6, 6.07) is 12.8. The van der Waals surface area contributed by atoms with E-state index in [9.17, 15) is 5.11 Å². The summed E-state index contributed by atoms with van der Waals surface area (Å²) in [6.45, 7) is 1.75. The first-order valence-electron chi connectivity index (χ1n) is 6.08. The van der Waals surface area contributed by atoms with Gasteiger partial charge in [-0.1, -0.05) is 30.3 Å². The van der Waals surface area contributed by atoms with Crippen molar-refractivity contribution >= 4 is 0 Å². The van der Waals surface area contributed by atoms with Crippen LogP contribution in [0.2, 0.25) is 0 Å². The molecule has 1 unspecified atom stereocenters. The molecule has 0 aliphatic rings. The Morgan fingerprint density at radius 3 is 2.47 bits per heavy atom. The van der Waals surface area contributed by atoms with Crippen molar-refractivity contribution in [3.8, 4) is 5.75 Å². The molecule has 0 saturated heterocycles. The second-order valence-corrected chi connectivity index (χ2v) is 4.57. The Kier molecular flexibility index (Phi) is 4.14. The zero-order valence-corrected chi connectivity index (χ0v) is 10.8. The first-order chi connectivity index (χ1) is 9.12. The minimum atomic E-state index is -1.06. The topological polar surface area (TPSA) is 62.6 Å². The van der Waals surface area contributed by atoms with E-state index in [0.717, 1.165) is 5.56 Å². The van der Waals surface area contributed by atoms with E-state index < -0.39 is 5.60 Å². The van der Waals surface area contributed by atoms with Gasteiger partial charge in [-0.3, -0.25) is 4.98 Å². The maximum atomic E-state index is 10.4. The van der Waals surface area contributed by atoms with Gasteiger partial charge in [0.15, 0.2) is 0 Å². The lowest BCUT2D eigenvalue weighted by Crippen LogP contribution is -2.29. The molecular formula is C15H17NO3. The van der Waals surface area contributed by atoms with Gasteiger partial charge < -0.3 is 14.9 Å². The highest BCUT2D eigenvalue weighted by Crippen LogP contribution is 2.21. The molecule has 4 nitrogen and oxygen atoms in total. The van der Waals surface area contributed by atoms with Crippen molar-refractivity contribution in [1.29, 1.82) is 0 Å². The number of pyridine rings is 1. The van der Waals surface area contributed by atoms with Crippen LogP contribution in [0.1, 0.15) is 18.2 Å². The summed E-state index contributed by atoms with van der Waals surface area (Å²) in [7, 11) is 0. The summed E-state index contributed by atoms with van der Waals surface area (Å²) in [4.78, 5) is 4.01. The van der Waals surface area contributed by atoms with Crippen LogP contribution in [0.25, 0.3) is 0 Å². The third kappa shape index (κ3) is 3.53. The summed E-state index contributed by atoms with van der Waals surface area (Å²) in [5.41, 5.74) is 0.328. The van der Waals surface area contributed by atoms with Crippen molar-refractivity contribution < 1.29 is 14.9 Å². The molecule has 0 spiro atoms. The Balaban J connectivity index is 2.01. The summed E-state index contributed by atoms with van der Waals surface area (Å²) in [6.07, 6.45) is 1.53. The molecule has 1 aromatic heterocycles. The molecule has 2 rings (SSSR count). The van der Waals surface area contributed by atoms with Gasteiger partial charge in [0.2, 0.25) is 0 Å². The monoisotopic (exact) mass is 259 g/mol. The molecule has 0 aliphatic carbocycles. The summed E-state index contributed by atoms with van der Waals surface area (Å²) in [5, 5.41) is 19.3. The first-order valence-corrected chi connectivity index (χ1v) is 6.08. The van der Waals surface area contributed by atoms with Crippen LogP contribution in [0.5, 0.6) is 5.75 Å². The van der Waals surface area contributed by atoms with Gasteiger partial charge >= 0.3 is 0 Å². The third-order valence-corrected chi connectivity index (χ3v) is 2.88. The maximum absolute atomic E-state index is 10.4. The lowest BCUT2D eigenvalue weighted by atomic mass is 9.97. The zero-order valence-electron chi connectivity index (χ0n) is 10.8. The number of benzene rings is 1. The maximum Gasteiger partial charge on any atom is 0.137 e. The Morgan fingerprint density at radius 1 is 1.16 bits per heavy atom. The van der Waals surface area contributed by atoms with Crippen LogP contribution in [0, 0.1) is 0 Å². The van der Waals surface area contributed by atoms with Crippen molar-refractivity contribution in [2.75, 3.05) is 6.61 Å². The SMILES string of the molecule is CC(O)(COc1ccc(CO)nc1)c1ccccc1. The van der Waals surface area contributed by atoms with E-state index in [2.05, 4.69) is 4.98 Å². The summed E-state index contributed by atoms with van der Waals surface area (Å²) in [5.74, 6) is 0.563. The van der Waals surface area contributed by atoms with Crippen molar-refractivity contribution in [3.05, 3.63) is 59.9 Å². The number of nitrogens with zero attached hydrogens (tertiary/aromatic N) is 1. The van der Waals surface area contributed by atoms with Crippen LogP contribution in [0.4, 0.5) is 0 Å². The van der Waals surface area contributed by atoms with E-state index in [1.807, 2.05) is 30.3 Å². The predicted octanol–water partition coefficient (Wildman–Crippen LogP) is 1.86. The molecule has 0 bridgehead atoms. The molecule has 0 amide bonds. The second-order valence-electron chi connectivity index (χ2n) is 4.57. The molecule has 0 fully saturated rings. The first kappa shape index (κ1) is 13.5. The molecule has 0 radical (unpaired) electrons. The smallest absolute Gasteiger partial charge is 0.137 e. The van der Waals surface area contributed by atoms with Gasteiger partial charge in [-0.2, -0.15) is 0 Å². The molecule has 1 atom stereocenters. The molecule has 100 valence electrons. The van der Waals surface area contributed by atoms with Gasteiger partial charge in [-0.05, 0) is 24.6 Å². The van der Waals surface area contributed by atoms with Gasteiger partial charge in [0.05, 0.1) is 18.5 Å². The van der Waals surface area contributed by atoms with E-state index in [1.54, 1.807) is 19.1 Å². The third-order valence-electron chi connectivity index (χ3n) is 2.88. The second kappa shape index (κ2) is 5.82. The van der Waals surface area contributed by atoms with E-state index in [0.29, 0.717) is 11.4 Å². The van der Waals surface area contributed by atoms with E-state index >= 15 is 0 Å². The highest BCUT2D eigenvalue weighted by Gasteiger charge is 2.23. The minimum Gasteiger partial charge on any atom is -0.489 e. The Hall–Kier alpha value is -1.91. The van der Waals surface area contributed by atoms with Gasteiger partial charge in [0.1, 0.15) is 18.0 Å². The molecule has 1 heterocycles. The Labute approximate surface area is 112 Å². The highest BCUT2D eigenvalue weighted by molar-refractivity contribution is 5.23. The standard InChI is InChI=1S/C15H17NO3/c1-15(18,12-5-3-2-4-6-12)11-19-14-8-7-13(10-17)16-9-14/h2-9,17-18H,10-11H2,1H3. The van der Waals surface area contributed by atoms with Crippen molar-refractivity contribution in [2.24, 2.45) is 0 Å². The fourth-order valence-corrected chi connectivity index (χ4v) is 1.69. The van der Waals surface area contributed by atoms with Crippen LogP contribution < -0.4 is 4.74 Å². The number of hydrogen-bond acceptors (Lipinski definition) is 4. The van der Waals surface area contributed by atoms with Gasteiger partial charge in [0.25, 0.3) is 0 Å². The fraction of sp³-hybridized carbons (Fsp3) is 0.267. The lowest BCUT2D eigenvalue weighted by Gasteiger charge is -2.23. The van der Waals surface area contributed by atoms with Crippen LogP contribution in [-0.4, -0.2) is 21.8 Å². The highest BCUT2D eigenvalue weighted by atomic mass is 16.5. The number of aromatic nitrogens is 1. The molecular weight excluding hydrogens is 242 g/mol. The van der Waals surface area contributed by atoms with Crippen molar-refractivity contribution in [1.82, 2.24) is 4.98 Å². The number of ether oxygens (including phenoxy) is 1. The van der Waals surface area contributed by atoms with Crippen LogP contribution in [0.3, 0.4) is 0 Å². The molecule has 4 heteroatoms. The average Bonchev–Trinajstić information content (AvgIpc) is 2.47. The van der Waals surface area contributed by atoms with Crippen LogP contribution in [0.15, 0.2) is 48.7 Å². The molecule has 0 saturated carbocycles. The van der Waals surface area contributed by atoms with E-state index in [4.69, 9.17) is 9.84 Å². The summed E-state index contributed by atoms with van der Waals surface area (Å²) < 4.78 is 5.53. The molecule has 2 N–H and O–H groups in total. The van der Waals surface area contributed by atoms with Gasteiger partial charge in [0, 0.05) is 0 Å². The normalized spacial score (nSPS) is 13.8. The lowest BCUT2D eigenvalue weighted by molar-refractivity contribution is 0.00746. The summed E-state index contributed by atoms with van der Waals surface area (Å²) >= 11 is 0. The Morgan fingerprint density at radius 2 is 1.89 bits per heavy atom. The number of aliphatic hydroxyl groups is 2. The molecule has 1 aromatic carbocycles. The van der Waals surface area contributed by atoms with Gasteiger partial charge in [-0.15, -0.1) is 0 Å². The van der Waals surface area contributed by atoms with Crippen molar-refractivity contribution in [3.63, 3.8) is 0 Å². The quantitative estimate of drug-likeness (QED) is 0.860.